The van der Waals surface area contributed by atoms with Crippen LogP contribution in [0.3, 0.4) is 0 Å². The lowest BCUT2D eigenvalue weighted by Gasteiger charge is -2.12. The Hall–Kier alpha value is -0.890. The van der Waals surface area contributed by atoms with E-state index >= 15 is 0 Å². The van der Waals surface area contributed by atoms with E-state index in [1.54, 1.807) is 12.4 Å². The van der Waals surface area contributed by atoms with Crippen LogP contribution in [-0.2, 0) is 0 Å². The van der Waals surface area contributed by atoms with Crippen LogP contribution < -0.4 is 0 Å². The number of nitrogens with zero attached hydrogens (tertiary/aromatic N) is 1. The summed E-state index contributed by atoms with van der Waals surface area (Å²) in [7, 11) is 0. The van der Waals surface area contributed by atoms with E-state index in [1.165, 1.54) is 12.8 Å². The number of pyridine rings is 1. The summed E-state index contributed by atoms with van der Waals surface area (Å²) < 4.78 is 0. The van der Waals surface area contributed by atoms with Crippen LogP contribution in [0.15, 0.2) is 18.5 Å². The zero-order chi connectivity index (χ0) is 9.97. The minimum absolute atomic E-state index is 0.315. The van der Waals surface area contributed by atoms with Crippen LogP contribution in [0, 0.1) is 12.8 Å². The van der Waals surface area contributed by atoms with E-state index in [-0.39, 0.29) is 6.10 Å². The fourth-order valence-electron chi connectivity index (χ4n) is 1.78. The van der Waals surface area contributed by atoms with Crippen molar-refractivity contribution in [2.75, 3.05) is 0 Å². The molecule has 0 radical (unpaired) electrons. The Morgan fingerprint density at radius 2 is 2.36 bits per heavy atom. The first kappa shape index (κ1) is 9.66. The van der Waals surface area contributed by atoms with Gasteiger partial charge in [0.2, 0.25) is 0 Å². The summed E-state index contributed by atoms with van der Waals surface area (Å²) >= 11 is 0. The second-order valence-corrected chi connectivity index (χ2v) is 4.27. The molecule has 1 heterocycles. The third-order valence-electron chi connectivity index (χ3n) is 2.98. The molecule has 1 aromatic heterocycles. The predicted octanol–water partition coefficient (Wildman–Crippen LogP) is 2.61. The molecule has 1 N–H and O–H groups in total. The zero-order valence-electron chi connectivity index (χ0n) is 8.61. The number of aryl methyl sites for hydroxylation is 1. The summed E-state index contributed by atoms with van der Waals surface area (Å²) in [6.07, 6.45) is 8.01. The van der Waals surface area contributed by atoms with Gasteiger partial charge >= 0.3 is 0 Å². The molecule has 14 heavy (non-hydrogen) atoms. The molecule has 0 spiro atoms. The Kier molecular flexibility index (Phi) is 2.82. The van der Waals surface area contributed by atoms with Crippen molar-refractivity contribution >= 4 is 0 Å². The molecule has 2 rings (SSSR count). The van der Waals surface area contributed by atoms with Crippen LogP contribution in [0.5, 0.6) is 0 Å². The van der Waals surface area contributed by atoms with Crippen LogP contribution >= 0.6 is 0 Å². The summed E-state index contributed by atoms with van der Waals surface area (Å²) in [6.45, 7) is 2.03. The Balaban J connectivity index is 1.95. The van der Waals surface area contributed by atoms with Gasteiger partial charge in [0, 0.05) is 18.0 Å². The summed E-state index contributed by atoms with van der Waals surface area (Å²) in [5.41, 5.74) is 2.14. The van der Waals surface area contributed by atoms with Crippen LogP contribution in [-0.4, -0.2) is 10.1 Å². The highest BCUT2D eigenvalue weighted by molar-refractivity contribution is 5.23. The number of aromatic nitrogens is 1. The Bertz CT molecular complexity index is 307. The lowest BCUT2D eigenvalue weighted by Crippen LogP contribution is -2.01. The molecular weight excluding hydrogens is 174 g/mol. The van der Waals surface area contributed by atoms with Crippen molar-refractivity contribution in [2.45, 2.75) is 38.7 Å². The van der Waals surface area contributed by atoms with Crippen LogP contribution in [0.4, 0.5) is 0 Å². The fraction of sp³-hybridized carbons (Fsp3) is 0.583. The highest BCUT2D eigenvalue weighted by Crippen LogP contribution is 2.36. The fourth-order valence-corrected chi connectivity index (χ4v) is 1.78. The highest BCUT2D eigenvalue weighted by Gasteiger charge is 2.22. The van der Waals surface area contributed by atoms with Crippen LogP contribution in [0.1, 0.15) is 42.9 Å². The van der Waals surface area contributed by atoms with E-state index in [2.05, 4.69) is 4.98 Å². The summed E-state index contributed by atoms with van der Waals surface area (Å²) in [5.74, 6) is 0.890. The van der Waals surface area contributed by atoms with Crippen LogP contribution in [0.25, 0.3) is 0 Å². The summed E-state index contributed by atoms with van der Waals surface area (Å²) in [4.78, 5) is 4.05. The Morgan fingerprint density at radius 1 is 1.57 bits per heavy atom. The Labute approximate surface area is 85.0 Å². The van der Waals surface area contributed by atoms with E-state index < -0.39 is 0 Å². The van der Waals surface area contributed by atoms with Gasteiger partial charge in [-0.05, 0) is 37.3 Å². The molecule has 1 unspecified atom stereocenters. The molecule has 0 bridgehead atoms. The standard InChI is InChI=1S/C12H17NO/c1-9-6-7-13-8-11(9)12(14)5-4-10-2-3-10/h6-8,10,12,14H,2-5H2,1H3. The van der Waals surface area contributed by atoms with Gasteiger partial charge in [-0.1, -0.05) is 12.8 Å². The van der Waals surface area contributed by atoms with Gasteiger partial charge in [0.25, 0.3) is 0 Å². The van der Waals surface area contributed by atoms with E-state index in [1.807, 2.05) is 13.0 Å². The van der Waals surface area contributed by atoms with Gasteiger partial charge in [-0.2, -0.15) is 0 Å². The molecule has 2 nitrogen and oxygen atoms in total. The van der Waals surface area contributed by atoms with E-state index in [4.69, 9.17) is 0 Å². The van der Waals surface area contributed by atoms with Crippen molar-refractivity contribution in [3.05, 3.63) is 29.6 Å². The van der Waals surface area contributed by atoms with E-state index in [9.17, 15) is 5.11 Å². The number of hydrogen-bond acceptors (Lipinski definition) is 2. The lowest BCUT2D eigenvalue weighted by molar-refractivity contribution is 0.161. The SMILES string of the molecule is Cc1ccncc1C(O)CCC1CC1. The van der Waals surface area contributed by atoms with Crippen LogP contribution in [0.2, 0.25) is 0 Å². The number of aliphatic hydroxyl groups is 1. The normalized spacial score (nSPS) is 18.1. The van der Waals surface area contributed by atoms with Gasteiger partial charge < -0.3 is 5.11 Å². The largest absolute Gasteiger partial charge is 0.388 e. The molecule has 1 fully saturated rings. The highest BCUT2D eigenvalue weighted by atomic mass is 16.3. The molecular formula is C12H17NO. The first-order valence-corrected chi connectivity index (χ1v) is 5.36. The van der Waals surface area contributed by atoms with Gasteiger partial charge in [-0.15, -0.1) is 0 Å². The molecule has 0 saturated heterocycles. The van der Waals surface area contributed by atoms with Gasteiger partial charge in [0.15, 0.2) is 0 Å². The Morgan fingerprint density at radius 3 is 3.00 bits per heavy atom. The van der Waals surface area contributed by atoms with Gasteiger partial charge in [0.1, 0.15) is 0 Å². The molecule has 0 aromatic carbocycles. The second kappa shape index (κ2) is 4.09. The first-order chi connectivity index (χ1) is 6.77. The number of aliphatic hydroxyl groups excluding tert-OH is 1. The van der Waals surface area contributed by atoms with Gasteiger partial charge in [-0.3, -0.25) is 4.98 Å². The van der Waals surface area contributed by atoms with Crippen molar-refractivity contribution in [2.24, 2.45) is 5.92 Å². The molecule has 2 heteroatoms. The van der Waals surface area contributed by atoms with Gasteiger partial charge in [-0.25, -0.2) is 0 Å². The van der Waals surface area contributed by atoms with Crippen molar-refractivity contribution in [1.82, 2.24) is 4.98 Å². The average molecular weight is 191 g/mol. The van der Waals surface area contributed by atoms with Crippen molar-refractivity contribution in [1.29, 1.82) is 0 Å². The molecule has 1 atom stereocenters. The zero-order valence-corrected chi connectivity index (χ0v) is 8.61. The third-order valence-corrected chi connectivity index (χ3v) is 2.98. The van der Waals surface area contributed by atoms with Crippen molar-refractivity contribution in [3.63, 3.8) is 0 Å². The topological polar surface area (TPSA) is 33.1 Å². The molecule has 1 aromatic rings. The van der Waals surface area contributed by atoms with Crippen molar-refractivity contribution < 1.29 is 5.11 Å². The minimum Gasteiger partial charge on any atom is -0.388 e. The van der Waals surface area contributed by atoms with Gasteiger partial charge in [0.05, 0.1) is 6.10 Å². The summed E-state index contributed by atoms with van der Waals surface area (Å²) in [6, 6.07) is 1.95. The van der Waals surface area contributed by atoms with E-state index in [0.717, 1.165) is 29.9 Å². The molecule has 0 amide bonds. The quantitative estimate of drug-likeness (QED) is 0.793. The molecule has 1 aliphatic carbocycles. The average Bonchev–Trinajstić information content (AvgIpc) is 2.98. The maximum absolute atomic E-state index is 9.94. The minimum atomic E-state index is -0.315. The molecule has 0 aliphatic heterocycles. The second-order valence-electron chi connectivity index (χ2n) is 4.27. The summed E-state index contributed by atoms with van der Waals surface area (Å²) in [5, 5.41) is 9.94. The molecule has 76 valence electrons. The van der Waals surface area contributed by atoms with E-state index in [0.29, 0.717) is 0 Å². The maximum atomic E-state index is 9.94. The number of hydrogen-bond donors (Lipinski definition) is 1. The lowest BCUT2D eigenvalue weighted by atomic mass is 10.0. The number of rotatable bonds is 4. The third kappa shape index (κ3) is 2.32. The maximum Gasteiger partial charge on any atom is 0.0807 e. The first-order valence-electron chi connectivity index (χ1n) is 5.36. The van der Waals surface area contributed by atoms with Crippen molar-refractivity contribution in [3.8, 4) is 0 Å². The molecule has 1 aliphatic rings. The molecule has 1 saturated carbocycles. The smallest absolute Gasteiger partial charge is 0.0807 e. The predicted molar refractivity (Wildman–Crippen MR) is 55.9 cm³/mol. The monoisotopic (exact) mass is 191 g/mol.